The van der Waals surface area contributed by atoms with Crippen LogP contribution in [-0.4, -0.2) is 14.9 Å². The van der Waals surface area contributed by atoms with Gasteiger partial charge in [-0.2, -0.15) is 4.98 Å². The fraction of sp³-hybridized carbons (Fsp3) is 0.0909. The zero-order valence-corrected chi connectivity index (χ0v) is 10.9. The van der Waals surface area contributed by atoms with E-state index in [2.05, 4.69) is 9.97 Å². The molecule has 0 amide bonds. The smallest absolute Gasteiger partial charge is 0.275 e. The molecule has 0 fully saturated rings. The van der Waals surface area contributed by atoms with Gasteiger partial charge in [-0.25, -0.2) is 9.37 Å². The Bertz CT molecular complexity index is 696. The van der Waals surface area contributed by atoms with Crippen molar-refractivity contribution in [2.75, 3.05) is 5.73 Å². The zero-order valence-electron chi connectivity index (χ0n) is 10.1. The largest absolute Gasteiger partial charge is 0.434 e. The first-order chi connectivity index (χ1) is 9.40. The van der Waals surface area contributed by atoms with E-state index in [0.717, 1.165) is 12.4 Å². The third kappa shape index (κ3) is 2.59. The third-order valence-corrected chi connectivity index (χ3v) is 2.79. The van der Waals surface area contributed by atoms with Gasteiger partial charge in [-0.05, 0) is 13.0 Å². The number of hydrogen-bond acceptors (Lipinski definition) is 6. The minimum absolute atomic E-state index is 0.0179. The second kappa shape index (κ2) is 5.25. The van der Waals surface area contributed by atoms with Crippen LogP contribution in [0.15, 0.2) is 18.5 Å². The molecule has 1 heterocycles. The number of aryl methyl sites for hydroxylation is 1. The van der Waals surface area contributed by atoms with Crippen LogP contribution in [0.25, 0.3) is 0 Å². The average Bonchev–Trinajstić information content (AvgIpc) is 2.38. The molecular formula is C11H8ClFN4O3. The fourth-order valence-electron chi connectivity index (χ4n) is 1.46. The summed E-state index contributed by atoms with van der Waals surface area (Å²) in [6.45, 7) is 1.46. The second-order valence-electron chi connectivity index (χ2n) is 3.81. The van der Waals surface area contributed by atoms with E-state index in [1.165, 1.54) is 13.0 Å². The predicted molar refractivity (Wildman–Crippen MR) is 69.3 cm³/mol. The molecule has 0 radical (unpaired) electrons. The molecule has 1 aromatic carbocycles. The van der Waals surface area contributed by atoms with Gasteiger partial charge >= 0.3 is 0 Å². The summed E-state index contributed by atoms with van der Waals surface area (Å²) in [6.07, 6.45) is 1.10. The maximum absolute atomic E-state index is 13.8. The highest BCUT2D eigenvalue weighted by molar-refractivity contribution is 6.34. The molecule has 0 aliphatic rings. The number of nitrogens with zero attached hydrogens (tertiary/aromatic N) is 3. The number of nitro benzene ring substituents is 1. The molecule has 0 saturated heterocycles. The summed E-state index contributed by atoms with van der Waals surface area (Å²) in [7, 11) is 0. The van der Waals surface area contributed by atoms with Crippen molar-refractivity contribution < 1.29 is 14.1 Å². The summed E-state index contributed by atoms with van der Waals surface area (Å²) < 4.78 is 18.9. The van der Waals surface area contributed by atoms with Crippen LogP contribution in [0, 0.1) is 22.9 Å². The number of halogens is 2. The van der Waals surface area contributed by atoms with Crippen molar-refractivity contribution in [1.29, 1.82) is 0 Å². The van der Waals surface area contributed by atoms with Crippen molar-refractivity contribution in [3.63, 3.8) is 0 Å². The molecular weight excluding hydrogens is 291 g/mol. The molecule has 1 aromatic heterocycles. The molecule has 0 unspecified atom stereocenters. The molecule has 9 heteroatoms. The van der Waals surface area contributed by atoms with Gasteiger partial charge in [-0.15, -0.1) is 0 Å². The minimum atomic E-state index is -0.907. The Kier molecular flexibility index (Phi) is 3.66. The molecule has 0 spiro atoms. The van der Waals surface area contributed by atoms with E-state index < -0.39 is 10.7 Å². The molecule has 0 bridgehead atoms. The molecule has 2 aromatic rings. The predicted octanol–water partition coefficient (Wildman–Crippen LogP) is 2.86. The molecule has 20 heavy (non-hydrogen) atoms. The lowest BCUT2D eigenvalue weighted by molar-refractivity contribution is -0.385. The topological polar surface area (TPSA) is 104 Å². The maximum Gasteiger partial charge on any atom is 0.275 e. The molecule has 104 valence electrons. The van der Waals surface area contributed by atoms with Crippen molar-refractivity contribution in [3.05, 3.63) is 45.0 Å². The first-order valence-electron chi connectivity index (χ1n) is 5.28. The van der Waals surface area contributed by atoms with Crippen LogP contribution in [0.2, 0.25) is 5.02 Å². The van der Waals surface area contributed by atoms with Gasteiger partial charge in [0.2, 0.25) is 5.88 Å². The molecule has 0 saturated carbocycles. The molecule has 2 rings (SSSR count). The van der Waals surface area contributed by atoms with Crippen LogP contribution >= 0.6 is 11.6 Å². The van der Waals surface area contributed by atoms with E-state index in [4.69, 9.17) is 22.1 Å². The van der Waals surface area contributed by atoms with Crippen molar-refractivity contribution in [2.45, 2.75) is 6.92 Å². The molecule has 0 aliphatic heterocycles. The first-order valence-corrected chi connectivity index (χ1v) is 5.66. The molecule has 2 N–H and O–H groups in total. The Labute approximate surface area is 117 Å². The van der Waals surface area contributed by atoms with Gasteiger partial charge in [-0.3, -0.25) is 10.1 Å². The van der Waals surface area contributed by atoms with Crippen LogP contribution in [0.4, 0.5) is 15.9 Å². The summed E-state index contributed by atoms with van der Waals surface area (Å²) in [5.74, 6) is -1.30. The number of anilines is 1. The quantitative estimate of drug-likeness (QED) is 0.690. The lowest BCUT2D eigenvalue weighted by Crippen LogP contribution is -1.99. The highest BCUT2D eigenvalue weighted by Gasteiger charge is 2.18. The van der Waals surface area contributed by atoms with E-state index in [0.29, 0.717) is 0 Å². The lowest BCUT2D eigenvalue weighted by Gasteiger charge is -2.08. The summed E-state index contributed by atoms with van der Waals surface area (Å²) in [5.41, 5.74) is 5.36. The number of aromatic nitrogens is 2. The first kappa shape index (κ1) is 13.9. The zero-order chi connectivity index (χ0) is 14.9. The Morgan fingerprint density at radius 3 is 2.80 bits per heavy atom. The normalized spacial score (nSPS) is 10.3. The summed E-state index contributed by atoms with van der Waals surface area (Å²) in [5, 5.41) is 10.6. The molecule has 0 atom stereocenters. The van der Waals surface area contributed by atoms with Gasteiger partial charge in [0.25, 0.3) is 5.69 Å². The summed E-state index contributed by atoms with van der Waals surface area (Å²) >= 11 is 5.81. The molecule has 0 aliphatic carbocycles. The number of nitrogen functional groups attached to an aromatic ring is 1. The average molecular weight is 299 g/mol. The number of nitro groups is 1. The van der Waals surface area contributed by atoms with E-state index in [-0.39, 0.29) is 33.7 Å². The van der Waals surface area contributed by atoms with Crippen LogP contribution in [0.1, 0.15) is 5.56 Å². The second-order valence-corrected chi connectivity index (χ2v) is 4.18. The van der Waals surface area contributed by atoms with Crippen molar-refractivity contribution in [2.24, 2.45) is 0 Å². The lowest BCUT2D eigenvalue weighted by atomic mass is 10.2. The van der Waals surface area contributed by atoms with Crippen LogP contribution in [0.5, 0.6) is 11.6 Å². The third-order valence-electron chi connectivity index (χ3n) is 2.44. The monoisotopic (exact) mass is 298 g/mol. The van der Waals surface area contributed by atoms with Gasteiger partial charge in [0.1, 0.15) is 17.2 Å². The minimum Gasteiger partial charge on any atom is -0.434 e. The van der Waals surface area contributed by atoms with Gasteiger partial charge in [0.15, 0.2) is 11.6 Å². The summed E-state index contributed by atoms with van der Waals surface area (Å²) in [6, 6.07) is 1.95. The maximum atomic E-state index is 13.8. The van der Waals surface area contributed by atoms with Gasteiger partial charge in [0.05, 0.1) is 11.0 Å². The molecule has 7 nitrogen and oxygen atoms in total. The number of nitrogens with two attached hydrogens (primary N) is 1. The van der Waals surface area contributed by atoms with Crippen LogP contribution in [-0.2, 0) is 0 Å². The Morgan fingerprint density at radius 2 is 2.15 bits per heavy atom. The van der Waals surface area contributed by atoms with Crippen LogP contribution < -0.4 is 10.5 Å². The highest BCUT2D eigenvalue weighted by atomic mass is 35.5. The van der Waals surface area contributed by atoms with Gasteiger partial charge in [0, 0.05) is 5.56 Å². The van der Waals surface area contributed by atoms with E-state index in [1.807, 2.05) is 0 Å². The number of benzene rings is 1. The van der Waals surface area contributed by atoms with E-state index in [9.17, 15) is 14.5 Å². The van der Waals surface area contributed by atoms with E-state index in [1.54, 1.807) is 0 Å². The Hall–Kier alpha value is -2.48. The Morgan fingerprint density at radius 1 is 1.45 bits per heavy atom. The van der Waals surface area contributed by atoms with Gasteiger partial charge < -0.3 is 10.5 Å². The number of rotatable bonds is 3. The van der Waals surface area contributed by atoms with Gasteiger partial charge in [-0.1, -0.05) is 11.6 Å². The Balaban J connectivity index is 2.42. The van der Waals surface area contributed by atoms with Crippen molar-refractivity contribution in [1.82, 2.24) is 9.97 Å². The van der Waals surface area contributed by atoms with E-state index >= 15 is 0 Å². The standard InChI is InChI=1S/C11H8ClFN4O3/c1-5-2-8(6(13)3-7(5)17(18)19)20-11-9(12)10(14)15-4-16-11/h2-4H,1H3,(H2,14,15,16). The SMILES string of the molecule is Cc1cc(Oc2ncnc(N)c2Cl)c(F)cc1[N+](=O)[O-]. The highest BCUT2D eigenvalue weighted by Crippen LogP contribution is 2.33. The number of ether oxygens (including phenoxy) is 1. The summed E-state index contributed by atoms with van der Waals surface area (Å²) in [4.78, 5) is 17.3. The van der Waals surface area contributed by atoms with Crippen LogP contribution in [0.3, 0.4) is 0 Å². The van der Waals surface area contributed by atoms with Crippen molar-refractivity contribution in [3.8, 4) is 11.6 Å². The number of hydrogen-bond donors (Lipinski definition) is 1. The fourth-order valence-corrected chi connectivity index (χ4v) is 1.60. The van der Waals surface area contributed by atoms with Crippen molar-refractivity contribution >= 4 is 23.1 Å².